The Morgan fingerprint density at radius 2 is 1.70 bits per heavy atom. The van der Waals surface area contributed by atoms with Crippen LogP contribution in [0.4, 0.5) is 0 Å². The van der Waals surface area contributed by atoms with Crippen LogP contribution in [-0.4, -0.2) is 25.0 Å². The number of hydrogen-bond donors (Lipinski definition) is 2. The molecule has 0 saturated carbocycles. The number of hydrogen-bond acceptors (Lipinski definition) is 1. The molecule has 0 unspecified atom stereocenters. The monoisotopic (exact) mass is 329 g/mol. The first-order chi connectivity index (χ1) is 11.2. The topological polar surface area (TPSA) is 33.5 Å². The van der Waals surface area contributed by atoms with Crippen molar-refractivity contribution in [3.05, 3.63) is 70.7 Å². The van der Waals surface area contributed by atoms with Gasteiger partial charge < -0.3 is 10.2 Å². The molecule has 23 heavy (non-hydrogen) atoms. The minimum absolute atomic E-state index is 0.0325. The summed E-state index contributed by atoms with van der Waals surface area (Å²) in [4.78, 5) is 13.7. The lowest BCUT2D eigenvalue weighted by atomic mass is 10.0. The van der Waals surface area contributed by atoms with Gasteiger partial charge in [0, 0.05) is 35.0 Å². The molecule has 2 aromatic rings. The first kappa shape index (κ1) is 16.0. The van der Waals surface area contributed by atoms with E-state index in [1.165, 1.54) is 10.5 Å². The van der Waals surface area contributed by atoms with Crippen molar-refractivity contribution in [1.82, 2.24) is 5.32 Å². The van der Waals surface area contributed by atoms with Crippen molar-refractivity contribution in [3.63, 3.8) is 0 Å². The molecule has 1 aliphatic rings. The molecule has 0 bridgehead atoms. The summed E-state index contributed by atoms with van der Waals surface area (Å²) in [6.07, 6.45) is 2.02. The highest BCUT2D eigenvalue weighted by molar-refractivity contribution is 6.31. The Morgan fingerprint density at radius 3 is 2.39 bits per heavy atom. The molecular weight excluding hydrogens is 308 g/mol. The second-order valence-corrected chi connectivity index (χ2v) is 6.54. The molecule has 1 saturated heterocycles. The molecule has 0 aromatic heterocycles. The lowest BCUT2D eigenvalue weighted by molar-refractivity contribution is -0.918. The SMILES string of the molecule is O=C(NC1CC[NH+](Cc2ccccc2Cl)CC1)c1ccccc1. The number of carbonyl (C=O) groups excluding carboxylic acids is 1. The van der Waals surface area contributed by atoms with Crippen LogP contribution in [0.2, 0.25) is 5.02 Å². The van der Waals surface area contributed by atoms with Crippen molar-refractivity contribution in [3.8, 4) is 0 Å². The van der Waals surface area contributed by atoms with Gasteiger partial charge >= 0.3 is 0 Å². The molecular formula is C19H22ClN2O+. The number of quaternary nitrogens is 1. The summed E-state index contributed by atoms with van der Waals surface area (Å²) in [5.74, 6) is 0.0325. The van der Waals surface area contributed by atoms with Gasteiger partial charge in [0.2, 0.25) is 0 Å². The summed E-state index contributed by atoms with van der Waals surface area (Å²) < 4.78 is 0. The number of benzene rings is 2. The molecule has 4 heteroatoms. The summed E-state index contributed by atoms with van der Waals surface area (Å²) in [5.41, 5.74) is 1.94. The number of carbonyl (C=O) groups is 1. The van der Waals surface area contributed by atoms with Gasteiger partial charge in [-0.2, -0.15) is 0 Å². The highest BCUT2D eigenvalue weighted by atomic mass is 35.5. The second kappa shape index (κ2) is 7.62. The average Bonchev–Trinajstić information content (AvgIpc) is 2.59. The highest BCUT2D eigenvalue weighted by Crippen LogP contribution is 2.14. The number of halogens is 1. The number of piperidine rings is 1. The third-order valence-electron chi connectivity index (χ3n) is 4.46. The van der Waals surface area contributed by atoms with Gasteiger partial charge in [0.15, 0.2) is 0 Å². The zero-order valence-electron chi connectivity index (χ0n) is 13.1. The van der Waals surface area contributed by atoms with E-state index >= 15 is 0 Å². The maximum absolute atomic E-state index is 12.2. The fourth-order valence-corrected chi connectivity index (χ4v) is 3.32. The maximum atomic E-state index is 12.2. The summed E-state index contributed by atoms with van der Waals surface area (Å²) in [5, 5.41) is 4.00. The second-order valence-electron chi connectivity index (χ2n) is 6.13. The van der Waals surface area contributed by atoms with Gasteiger partial charge in [-0.1, -0.05) is 48.0 Å². The molecule has 0 spiro atoms. The Morgan fingerprint density at radius 1 is 1.04 bits per heavy atom. The Balaban J connectivity index is 1.49. The molecule has 1 amide bonds. The molecule has 1 fully saturated rings. The van der Waals surface area contributed by atoms with Crippen LogP contribution in [0.3, 0.4) is 0 Å². The highest BCUT2D eigenvalue weighted by Gasteiger charge is 2.24. The normalized spacial score (nSPS) is 20.9. The van der Waals surface area contributed by atoms with E-state index in [1.807, 2.05) is 48.5 Å². The predicted octanol–water partition coefficient (Wildman–Crippen LogP) is 2.32. The molecule has 1 heterocycles. The minimum atomic E-state index is 0.0325. The van der Waals surface area contributed by atoms with Crippen LogP contribution in [0, 0.1) is 0 Å². The van der Waals surface area contributed by atoms with Gasteiger partial charge in [-0.15, -0.1) is 0 Å². The maximum Gasteiger partial charge on any atom is 0.251 e. The molecule has 1 aliphatic heterocycles. The van der Waals surface area contributed by atoms with Crippen molar-refractivity contribution in [2.24, 2.45) is 0 Å². The van der Waals surface area contributed by atoms with Gasteiger partial charge in [-0.25, -0.2) is 0 Å². The molecule has 3 rings (SSSR count). The largest absolute Gasteiger partial charge is 0.349 e. The third kappa shape index (κ3) is 4.34. The third-order valence-corrected chi connectivity index (χ3v) is 4.83. The Hall–Kier alpha value is -1.84. The van der Waals surface area contributed by atoms with Crippen molar-refractivity contribution < 1.29 is 9.69 Å². The van der Waals surface area contributed by atoms with E-state index in [1.54, 1.807) is 0 Å². The Kier molecular flexibility index (Phi) is 5.31. The standard InChI is InChI=1S/C19H21ClN2O/c20-18-9-5-4-8-16(18)14-22-12-10-17(11-13-22)21-19(23)15-6-2-1-3-7-15/h1-9,17H,10-14H2,(H,21,23)/p+1. The summed E-state index contributed by atoms with van der Waals surface area (Å²) in [7, 11) is 0. The van der Waals surface area contributed by atoms with Gasteiger partial charge in [0.25, 0.3) is 5.91 Å². The first-order valence-corrected chi connectivity index (χ1v) is 8.53. The number of rotatable bonds is 4. The number of likely N-dealkylation sites (tertiary alicyclic amines) is 1. The van der Waals surface area contributed by atoms with Gasteiger partial charge in [0.05, 0.1) is 13.1 Å². The van der Waals surface area contributed by atoms with Crippen molar-refractivity contribution in [1.29, 1.82) is 0 Å². The molecule has 0 atom stereocenters. The van der Waals surface area contributed by atoms with E-state index in [0.717, 1.165) is 43.1 Å². The van der Waals surface area contributed by atoms with Crippen LogP contribution in [-0.2, 0) is 6.54 Å². The summed E-state index contributed by atoms with van der Waals surface area (Å²) in [6, 6.07) is 17.7. The molecule has 2 N–H and O–H groups in total. The molecule has 0 aliphatic carbocycles. The van der Waals surface area contributed by atoms with Gasteiger partial charge in [-0.3, -0.25) is 4.79 Å². The van der Waals surface area contributed by atoms with E-state index in [4.69, 9.17) is 11.6 Å². The molecule has 2 aromatic carbocycles. The van der Waals surface area contributed by atoms with Crippen LogP contribution < -0.4 is 10.2 Å². The van der Waals surface area contributed by atoms with E-state index in [2.05, 4.69) is 11.4 Å². The summed E-state index contributed by atoms with van der Waals surface area (Å²) in [6.45, 7) is 3.08. The Labute approximate surface area is 142 Å². The minimum Gasteiger partial charge on any atom is -0.349 e. The van der Waals surface area contributed by atoms with Gasteiger partial charge in [0.1, 0.15) is 6.54 Å². The fourth-order valence-electron chi connectivity index (χ4n) is 3.12. The van der Waals surface area contributed by atoms with Crippen LogP contribution >= 0.6 is 11.6 Å². The van der Waals surface area contributed by atoms with Crippen LogP contribution in [0.15, 0.2) is 54.6 Å². The molecule has 120 valence electrons. The zero-order valence-corrected chi connectivity index (χ0v) is 13.9. The number of amides is 1. The average molecular weight is 330 g/mol. The molecule has 3 nitrogen and oxygen atoms in total. The zero-order chi connectivity index (χ0) is 16.1. The lowest BCUT2D eigenvalue weighted by Crippen LogP contribution is -3.12. The van der Waals surface area contributed by atoms with Crippen LogP contribution in [0.5, 0.6) is 0 Å². The predicted molar refractivity (Wildman–Crippen MR) is 92.8 cm³/mol. The van der Waals surface area contributed by atoms with Crippen LogP contribution in [0.1, 0.15) is 28.8 Å². The van der Waals surface area contributed by atoms with Crippen molar-refractivity contribution >= 4 is 17.5 Å². The Bertz CT molecular complexity index is 651. The van der Waals surface area contributed by atoms with Gasteiger partial charge in [-0.05, 0) is 18.2 Å². The quantitative estimate of drug-likeness (QED) is 0.887. The first-order valence-electron chi connectivity index (χ1n) is 8.15. The van der Waals surface area contributed by atoms with E-state index in [-0.39, 0.29) is 11.9 Å². The number of nitrogens with one attached hydrogen (secondary N) is 2. The van der Waals surface area contributed by atoms with E-state index in [0.29, 0.717) is 0 Å². The molecule has 0 radical (unpaired) electrons. The van der Waals surface area contributed by atoms with E-state index < -0.39 is 0 Å². The van der Waals surface area contributed by atoms with Crippen molar-refractivity contribution in [2.75, 3.05) is 13.1 Å². The van der Waals surface area contributed by atoms with E-state index in [9.17, 15) is 4.79 Å². The fraction of sp³-hybridized carbons (Fsp3) is 0.316. The summed E-state index contributed by atoms with van der Waals surface area (Å²) >= 11 is 6.24. The smallest absolute Gasteiger partial charge is 0.251 e. The van der Waals surface area contributed by atoms with Crippen LogP contribution in [0.25, 0.3) is 0 Å². The van der Waals surface area contributed by atoms with Crippen molar-refractivity contribution in [2.45, 2.75) is 25.4 Å². The lowest BCUT2D eigenvalue weighted by Gasteiger charge is -2.30.